The summed E-state index contributed by atoms with van der Waals surface area (Å²) in [7, 11) is -2.60. The van der Waals surface area contributed by atoms with E-state index >= 15 is 0 Å². The van der Waals surface area contributed by atoms with Crippen molar-refractivity contribution in [3.63, 3.8) is 0 Å². The van der Waals surface area contributed by atoms with Gasteiger partial charge in [-0.25, -0.2) is 8.42 Å². The predicted molar refractivity (Wildman–Crippen MR) is 98.0 cm³/mol. The fourth-order valence-electron chi connectivity index (χ4n) is 2.00. The number of rotatable bonds is 6. The first-order valence-electron chi connectivity index (χ1n) is 7.40. The lowest BCUT2D eigenvalue weighted by atomic mass is 10.3. The van der Waals surface area contributed by atoms with Gasteiger partial charge in [0.2, 0.25) is 14.9 Å². The Kier molecular flexibility index (Phi) is 6.17. The third-order valence-electron chi connectivity index (χ3n) is 3.32. The van der Waals surface area contributed by atoms with Crippen molar-refractivity contribution in [2.45, 2.75) is 18.2 Å². The van der Waals surface area contributed by atoms with E-state index < -0.39 is 20.7 Å². The molecule has 132 valence electrons. The van der Waals surface area contributed by atoms with Gasteiger partial charge >= 0.3 is 0 Å². The molecule has 0 atom stereocenters. The maximum Gasteiger partial charge on any atom is 0.229 e. The predicted octanol–water partition coefficient (Wildman–Crippen LogP) is 3.53. The number of ether oxygens (including phenoxy) is 1. The Balaban J connectivity index is 2.45. The molecule has 0 bridgehead atoms. The Morgan fingerprint density at radius 3 is 2.40 bits per heavy atom. The number of anilines is 1. The molecule has 0 spiro atoms. The molecule has 0 saturated carbocycles. The molecule has 0 aliphatic heterocycles. The van der Waals surface area contributed by atoms with Crippen LogP contribution < -0.4 is 10.2 Å². The normalized spacial score (nSPS) is 11.9. The number of para-hydroxylation sites is 2. The SMILES string of the molecule is CCC(=O)/C(=N\Nc1ccccc1OC)S(=O)(=O)c1ccc(Cl)cc1. The van der Waals surface area contributed by atoms with Crippen molar-refractivity contribution in [1.82, 2.24) is 0 Å². The topological polar surface area (TPSA) is 84.8 Å². The van der Waals surface area contributed by atoms with Gasteiger partial charge in [0.1, 0.15) is 5.75 Å². The summed E-state index contributed by atoms with van der Waals surface area (Å²) in [5, 5.41) is 3.69. The summed E-state index contributed by atoms with van der Waals surface area (Å²) in [6.45, 7) is 1.57. The minimum absolute atomic E-state index is 0.000736. The monoisotopic (exact) mass is 380 g/mol. The molecule has 1 N–H and O–H groups in total. The highest BCUT2D eigenvalue weighted by Gasteiger charge is 2.28. The molecule has 2 aromatic carbocycles. The summed E-state index contributed by atoms with van der Waals surface area (Å²) in [5.41, 5.74) is 3.05. The molecule has 0 radical (unpaired) electrons. The number of hydrogen-bond acceptors (Lipinski definition) is 6. The van der Waals surface area contributed by atoms with Crippen LogP contribution in [0, 0.1) is 0 Å². The number of sulfone groups is 1. The molecule has 0 heterocycles. The van der Waals surface area contributed by atoms with Gasteiger partial charge in [-0.15, -0.1) is 0 Å². The van der Waals surface area contributed by atoms with Crippen molar-refractivity contribution >= 4 is 38.0 Å². The van der Waals surface area contributed by atoms with E-state index in [0.717, 1.165) is 0 Å². The Labute approximate surface area is 151 Å². The van der Waals surface area contributed by atoms with Crippen LogP contribution in [-0.4, -0.2) is 26.4 Å². The molecule has 0 fully saturated rings. The van der Waals surface area contributed by atoms with Crippen molar-refractivity contribution in [3.8, 4) is 5.75 Å². The number of methoxy groups -OCH3 is 1. The summed E-state index contributed by atoms with van der Waals surface area (Å²) in [6, 6.07) is 12.4. The standard InChI is InChI=1S/C17H17ClN2O4S/c1-3-15(21)17(20-19-14-6-4-5-7-16(14)24-2)25(22,23)13-10-8-12(18)9-11-13/h4-11,19H,3H2,1-2H3/b20-17+. The van der Waals surface area contributed by atoms with Crippen LogP contribution in [0.15, 0.2) is 58.5 Å². The maximum absolute atomic E-state index is 12.8. The average molecular weight is 381 g/mol. The second kappa shape index (κ2) is 8.13. The van der Waals surface area contributed by atoms with Crippen LogP contribution in [0.25, 0.3) is 0 Å². The third-order valence-corrected chi connectivity index (χ3v) is 5.30. The van der Waals surface area contributed by atoms with E-state index in [4.69, 9.17) is 16.3 Å². The minimum Gasteiger partial charge on any atom is -0.495 e. The van der Waals surface area contributed by atoms with Crippen LogP contribution in [0.5, 0.6) is 5.75 Å². The van der Waals surface area contributed by atoms with Gasteiger partial charge in [-0.1, -0.05) is 30.7 Å². The highest BCUT2D eigenvalue weighted by Crippen LogP contribution is 2.24. The molecule has 2 rings (SSSR count). The number of halogens is 1. The fourth-order valence-corrected chi connectivity index (χ4v) is 3.45. The third kappa shape index (κ3) is 4.37. The number of hydrogen-bond donors (Lipinski definition) is 1. The highest BCUT2D eigenvalue weighted by atomic mass is 35.5. The second-order valence-corrected chi connectivity index (χ2v) is 7.26. The van der Waals surface area contributed by atoms with Gasteiger partial charge < -0.3 is 4.74 Å². The van der Waals surface area contributed by atoms with Crippen LogP contribution in [-0.2, 0) is 14.6 Å². The van der Waals surface area contributed by atoms with E-state index in [1.165, 1.54) is 31.4 Å². The zero-order valence-electron chi connectivity index (χ0n) is 13.7. The molecular weight excluding hydrogens is 364 g/mol. The first-order chi connectivity index (χ1) is 11.9. The molecular formula is C17H17ClN2O4S. The van der Waals surface area contributed by atoms with E-state index in [1.54, 1.807) is 31.2 Å². The van der Waals surface area contributed by atoms with Gasteiger partial charge in [-0.3, -0.25) is 10.2 Å². The van der Waals surface area contributed by atoms with E-state index in [9.17, 15) is 13.2 Å². The van der Waals surface area contributed by atoms with Gasteiger partial charge in [0, 0.05) is 11.4 Å². The Morgan fingerprint density at radius 2 is 1.80 bits per heavy atom. The summed E-state index contributed by atoms with van der Waals surface area (Å²) >= 11 is 5.79. The smallest absolute Gasteiger partial charge is 0.229 e. The second-order valence-electron chi connectivity index (χ2n) is 4.96. The number of benzene rings is 2. The zero-order valence-corrected chi connectivity index (χ0v) is 15.3. The lowest BCUT2D eigenvalue weighted by molar-refractivity contribution is -0.112. The van der Waals surface area contributed by atoms with Gasteiger partial charge in [-0.05, 0) is 36.4 Å². The van der Waals surface area contributed by atoms with Crippen LogP contribution >= 0.6 is 11.6 Å². The lowest BCUT2D eigenvalue weighted by Crippen LogP contribution is -2.25. The minimum atomic E-state index is -4.08. The van der Waals surface area contributed by atoms with E-state index in [2.05, 4.69) is 10.5 Å². The summed E-state index contributed by atoms with van der Waals surface area (Å²) < 4.78 is 30.7. The number of hydrazone groups is 1. The lowest BCUT2D eigenvalue weighted by Gasteiger charge is -2.10. The van der Waals surface area contributed by atoms with Crippen LogP contribution in [0.4, 0.5) is 5.69 Å². The molecule has 0 unspecified atom stereocenters. The number of carbonyl (C=O) groups is 1. The number of nitrogens with one attached hydrogen (secondary N) is 1. The Bertz CT molecular complexity index is 893. The summed E-state index contributed by atoms with van der Waals surface area (Å²) in [4.78, 5) is 12.1. The van der Waals surface area contributed by atoms with Gasteiger partial charge in [0.25, 0.3) is 0 Å². The van der Waals surface area contributed by atoms with Crippen LogP contribution in [0.1, 0.15) is 13.3 Å². The van der Waals surface area contributed by atoms with Crippen LogP contribution in [0.2, 0.25) is 5.02 Å². The average Bonchev–Trinajstić information content (AvgIpc) is 2.62. The number of ketones is 1. The molecule has 0 saturated heterocycles. The molecule has 0 aliphatic rings. The number of carbonyl (C=O) groups excluding carboxylic acids is 1. The first-order valence-corrected chi connectivity index (χ1v) is 9.26. The zero-order chi connectivity index (χ0) is 18.4. The van der Waals surface area contributed by atoms with Crippen LogP contribution in [0.3, 0.4) is 0 Å². The maximum atomic E-state index is 12.8. The number of nitrogens with zero attached hydrogens (tertiary/aromatic N) is 1. The van der Waals surface area contributed by atoms with Crippen molar-refractivity contribution < 1.29 is 17.9 Å². The highest BCUT2D eigenvalue weighted by molar-refractivity contribution is 8.08. The first kappa shape index (κ1) is 19.0. The van der Waals surface area contributed by atoms with E-state index in [1.807, 2.05) is 0 Å². The van der Waals surface area contributed by atoms with Crippen molar-refractivity contribution in [1.29, 1.82) is 0 Å². The van der Waals surface area contributed by atoms with E-state index in [-0.39, 0.29) is 11.3 Å². The molecule has 8 heteroatoms. The molecule has 0 amide bonds. The van der Waals surface area contributed by atoms with E-state index in [0.29, 0.717) is 16.5 Å². The largest absolute Gasteiger partial charge is 0.495 e. The molecule has 25 heavy (non-hydrogen) atoms. The molecule has 2 aromatic rings. The summed E-state index contributed by atoms with van der Waals surface area (Å²) in [5.74, 6) is -0.129. The van der Waals surface area contributed by atoms with Gasteiger partial charge in [0.05, 0.1) is 17.7 Å². The molecule has 6 nitrogen and oxygen atoms in total. The molecule has 0 aromatic heterocycles. The van der Waals surface area contributed by atoms with Crippen molar-refractivity contribution in [3.05, 3.63) is 53.6 Å². The Hall–Kier alpha value is -2.38. The van der Waals surface area contributed by atoms with Gasteiger partial charge in [0.15, 0.2) is 5.78 Å². The molecule has 0 aliphatic carbocycles. The van der Waals surface area contributed by atoms with Crippen molar-refractivity contribution in [2.75, 3.05) is 12.5 Å². The summed E-state index contributed by atoms with van der Waals surface area (Å²) in [6.07, 6.45) is -0.000736. The Morgan fingerprint density at radius 1 is 1.16 bits per heavy atom. The fraction of sp³-hybridized carbons (Fsp3) is 0.176. The van der Waals surface area contributed by atoms with Crippen molar-refractivity contribution in [2.24, 2.45) is 5.10 Å². The number of Topliss-reactive ketones (excluding diaryl/α,β-unsaturated/α-hetero) is 1. The quantitative estimate of drug-likeness (QED) is 0.470. The van der Waals surface area contributed by atoms with Gasteiger partial charge in [-0.2, -0.15) is 5.10 Å².